The van der Waals surface area contributed by atoms with Gasteiger partial charge in [0, 0.05) is 17.1 Å². The van der Waals surface area contributed by atoms with Crippen LogP contribution in [0.3, 0.4) is 0 Å². The van der Waals surface area contributed by atoms with E-state index in [9.17, 15) is 9.59 Å². The van der Waals surface area contributed by atoms with Gasteiger partial charge in [-0.3, -0.25) is 4.79 Å². The monoisotopic (exact) mass is 483 g/mol. The van der Waals surface area contributed by atoms with Crippen LogP contribution in [-0.4, -0.2) is 55.4 Å². The number of halogens is 1. The minimum absolute atomic E-state index is 0.236. The first-order chi connectivity index (χ1) is 13.5. The van der Waals surface area contributed by atoms with Gasteiger partial charge in [-0.15, -0.1) is 0 Å². The number of hydrogen-bond acceptors (Lipinski definition) is 5. The molecule has 0 bridgehead atoms. The number of esters is 1. The molecule has 0 N–H and O–H groups in total. The molecule has 160 valence electrons. The number of amides is 1. The summed E-state index contributed by atoms with van der Waals surface area (Å²) in [6, 6.07) is 7.40. The summed E-state index contributed by atoms with van der Waals surface area (Å²) in [6.45, 7) is 12.0. The van der Waals surface area contributed by atoms with Gasteiger partial charge in [0.1, 0.15) is 11.4 Å². The second-order valence-electron chi connectivity index (χ2n) is 7.95. The Hall–Kier alpha value is -1.64. The van der Waals surface area contributed by atoms with Crippen LogP contribution >= 0.6 is 15.9 Å². The lowest BCUT2D eigenvalue weighted by atomic mass is 9.77. The van der Waals surface area contributed by atoms with Crippen LogP contribution < -0.4 is 4.74 Å². The van der Waals surface area contributed by atoms with Crippen molar-refractivity contribution in [1.82, 2.24) is 4.90 Å². The highest BCUT2D eigenvalue weighted by molar-refractivity contribution is 9.09. The van der Waals surface area contributed by atoms with Gasteiger partial charge in [-0.25, -0.2) is 4.79 Å². The number of carbonyl (C=O) groups excluding carboxylic acids is 2. The van der Waals surface area contributed by atoms with Crippen molar-refractivity contribution < 1.29 is 23.5 Å². The Labute approximate surface area is 182 Å². The number of benzene rings is 1. The van der Waals surface area contributed by atoms with Gasteiger partial charge in [-0.05, 0) is 44.1 Å². The van der Waals surface area contributed by atoms with E-state index in [-0.39, 0.29) is 18.0 Å². The molecule has 2 atom stereocenters. The van der Waals surface area contributed by atoms with Gasteiger partial charge in [0.2, 0.25) is 0 Å². The van der Waals surface area contributed by atoms with E-state index in [2.05, 4.69) is 22.5 Å². The molecule has 1 aliphatic rings. The lowest BCUT2D eigenvalue weighted by Gasteiger charge is -2.47. The summed E-state index contributed by atoms with van der Waals surface area (Å²) in [7, 11) is 0.704. The van der Waals surface area contributed by atoms with Crippen molar-refractivity contribution in [3.8, 4) is 5.75 Å². The van der Waals surface area contributed by atoms with Crippen LogP contribution in [0.1, 0.15) is 25.8 Å². The number of rotatable bonds is 8. The normalized spacial score (nSPS) is 24.7. The van der Waals surface area contributed by atoms with Crippen molar-refractivity contribution >= 4 is 36.1 Å². The number of methoxy groups -OCH3 is 2. The van der Waals surface area contributed by atoms with E-state index >= 15 is 0 Å². The lowest BCUT2D eigenvalue weighted by molar-refractivity contribution is -0.167. The Morgan fingerprint density at radius 2 is 1.83 bits per heavy atom. The predicted octanol–water partition coefficient (Wildman–Crippen LogP) is 3.83. The number of ether oxygens (including phenoxy) is 2. The molecule has 1 fully saturated rings. The van der Waals surface area contributed by atoms with Crippen LogP contribution in [0.15, 0.2) is 36.4 Å². The molecular weight excluding hydrogens is 454 g/mol. The molecule has 1 aromatic carbocycles. The molecule has 8 heteroatoms. The number of alkyl halides is 1. The number of hydrogen-bond donors (Lipinski definition) is 0. The average Bonchev–Trinajstić information content (AvgIpc) is 2.86. The molecule has 1 saturated heterocycles. The summed E-state index contributed by atoms with van der Waals surface area (Å²) in [4.78, 5) is 28.8. The molecule has 0 spiro atoms. The molecule has 0 unspecified atom stereocenters. The number of carbonyl (C=O) groups is 2. The topological polar surface area (TPSA) is 65.1 Å². The molecule has 0 saturated carbocycles. The van der Waals surface area contributed by atoms with Crippen molar-refractivity contribution in [2.75, 3.05) is 19.2 Å². The van der Waals surface area contributed by atoms with E-state index in [4.69, 9.17) is 13.9 Å². The first-order valence-corrected chi connectivity index (χ1v) is 13.8. The smallest absolute Gasteiger partial charge is 0.335 e. The zero-order valence-corrected chi connectivity index (χ0v) is 20.6. The van der Waals surface area contributed by atoms with Crippen molar-refractivity contribution in [3.63, 3.8) is 0 Å². The largest absolute Gasteiger partial charge is 0.497 e. The molecule has 1 aromatic rings. The lowest BCUT2D eigenvalue weighted by Crippen LogP contribution is -2.65. The van der Waals surface area contributed by atoms with Crippen LogP contribution in [0.5, 0.6) is 5.75 Å². The number of likely N-dealkylation sites (tertiary alicyclic amines) is 1. The molecular formula is C21H30BrNO5Si. The average molecular weight is 484 g/mol. The van der Waals surface area contributed by atoms with E-state index < -0.39 is 25.4 Å². The fourth-order valence-electron chi connectivity index (χ4n) is 4.04. The van der Waals surface area contributed by atoms with Crippen molar-refractivity contribution in [1.29, 1.82) is 0 Å². The molecule has 1 aliphatic heterocycles. The fourth-order valence-corrected chi connectivity index (χ4v) is 5.84. The maximum Gasteiger partial charge on any atom is 0.335 e. The second-order valence-corrected chi connectivity index (χ2v) is 13.6. The summed E-state index contributed by atoms with van der Waals surface area (Å²) >= 11 is 3.51. The van der Waals surface area contributed by atoms with Crippen molar-refractivity contribution in [2.45, 2.75) is 51.0 Å². The number of nitrogens with zero attached hydrogens (tertiary/aromatic N) is 1. The maximum atomic E-state index is 13.3. The first-order valence-electron chi connectivity index (χ1n) is 9.51. The Bertz CT molecular complexity index is 797. The van der Waals surface area contributed by atoms with Gasteiger partial charge in [0.25, 0.3) is 5.91 Å². The van der Waals surface area contributed by atoms with E-state index in [1.165, 1.54) is 7.11 Å². The van der Waals surface area contributed by atoms with Gasteiger partial charge < -0.3 is 18.8 Å². The molecule has 1 heterocycles. The molecule has 0 aliphatic carbocycles. The van der Waals surface area contributed by atoms with Crippen LogP contribution in [0.2, 0.25) is 13.1 Å². The van der Waals surface area contributed by atoms with E-state index in [0.29, 0.717) is 11.4 Å². The summed E-state index contributed by atoms with van der Waals surface area (Å²) in [6.07, 6.45) is 0.337. The quantitative estimate of drug-likeness (QED) is 0.243. The standard InChI is InChI=1S/C21H30BrNO5Si/c1-8-21(19(25)27-5)20(3,28-29(6,7)14-22)15(2)18(24)23(21)13-16-9-11-17(26-4)12-10-16/h9-12H,2,8,13-14H2,1,3-7H3/t20-,21+/m0/s1. The second kappa shape index (κ2) is 8.61. The third kappa shape index (κ3) is 3.90. The van der Waals surface area contributed by atoms with Crippen LogP contribution in [0.4, 0.5) is 0 Å². The van der Waals surface area contributed by atoms with Crippen molar-refractivity contribution in [3.05, 3.63) is 42.0 Å². The van der Waals surface area contributed by atoms with Crippen LogP contribution in [-0.2, 0) is 25.3 Å². The Morgan fingerprint density at radius 3 is 2.28 bits per heavy atom. The highest BCUT2D eigenvalue weighted by atomic mass is 79.9. The summed E-state index contributed by atoms with van der Waals surface area (Å²) < 4.78 is 17.0. The molecule has 6 nitrogen and oxygen atoms in total. The SMILES string of the molecule is C=C1C(=O)N(Cc2ccc(OC)cc2)[C@](CC)(C(=O)OC)[C@@]1(C)O[Si](C)(C)CBr. The van der Waals surface area contributed by atoms with Gasteiger partial charge in [0.05, 0.1) is 14.2 Å². The van der Waals surface area contributed by atoms with E-state index in [0.717, 1.165) is 11.3 Å². The molecule has 29 heavy (non-hydrogen) atoms. The Kier molecular flexibility index (Phi) is 7.02. The summed E-state index contributed by atoms with van der Waals surface area (Å²) in [5.41, 5.74) is -1.35. The molecule has 0 radical (unpaired) electrons. The first kappa shape index (κ1) is 23.6. The third-order valence-corrected chi connectivity index (χ3v) is 11.3. The summed E-state index contributed by atoms with van der Waals surface area (Å²) in [5, 5.41) is 0. The van der Waals surface area contributed by atoms with Crippen molar-refractivity contribution in [2.24, 2.45) is 0 Å². The van der Waals surface area contributed by atoms with Gasteiger partial charge >= 0.3 is 5.97 Å². The Balaban J connectivity index is 2.60. The highest BCUT2D eigenvalue weighted by Gasteiger charge is 2.68. The minimum Gasteiger partial charge on any atom is -0.497 e. The van der Waals surface area contributed by atoms with Crippen LogP contribution in [0, 0.1) is 0 Å². The highest BCUT2D eigenvalue weighted by Crippen LogP contribution is 2.49. The van der Waals surface area contributed by atoms with Crippen LogP contribution in [0.25, 0.3) is 0 Å². The zero-order chi connectivity index (χ0) is 22.0. The minimum atomic E-state index is -2.23. The summed E-state index contributed by atoms with van der Waals surface area (Å²) in [5.74, 6) is -0.0730. The maximum absolute atomic E-state index is 13.3. The van der Waals surface area contributed by atoms with Gasteiger partial charge in [0.15, 0.2) is 13.9 Å². The van der Waals surface area contributed by atoms with Gasteiger partial charge in [-0.2, -0.15) is 0 Å². The Morgan fingerprint density at radius 1 is 1.24 bits per heavy atom. The fraction of sp³-hybridized carbons (Fsp3) is 0.524. The van der Waals surface area contributed by atoms with E-state index in [1.54, 1.807) is 18.9 Å². The zero-order valence-electron chi connectivity index (χ0n) is 18.0. The third-order valence-electron chi connectivity index (χ3n) is 5.67. The molecule has 1 amide bonds. The predicted molar refractivity (Wildman–Crippen MR) is 118 cm³/mol. The van der Waals surface area contributed by atoms with E-state index in [1.807, 2.05) is 44.3 Å². The van der Waals surface area contributed by atoms with Gasteiger partial charge in [-0.1, -0.05) is 41.6 Å². The molecule has 2 rings (SSSR count). The molecule has 0 aromatic heterocycles.